The molecule has 0 spiro atoms. The normalized spacial score (nSPS) is 11.3. The Hall–Kier alpha value is -1.80. The topological polar surface area (TPSA) is 97.0 Å². The van der Waals surface area contributed by atoms with Crippen molar-refractivity contribution < 1.29 is 13.2 Å². The van der Waals surface area contributed by atoms with Gasteiger partial charge in [0.15, 0.2) is 0 Å². The van der Waals surface area contributed by atoms with E-state index in [1.54, 1.807) is 6.92 Å². The summed E-state index contributed by atoms with van der Waals surface area (Å²) in [6.07, 6.45) is 0. The summed E-state index contributed by atoms with van der Waals surface area (Å²) in [7, 11) is -2.48. The van der Waals surface area contributed by atoms with Crippen LogP contribution in [0.4, 0.5) is 5.95 Å². The van der Waals surface area contributed by atoms with E-state index in [9.17, 15) is 8.42 Å². The Bertz CT molecular complexity index is 699. The maximum atomic E-state index is 12.2. The molecule has 0 saturated carbocycles. The van der Waals surface area contributed by atoms with Crippen molar-refractivity contribution in [3.8, 4) is 5.75 Å². The maximum Gasteiger partial charge on any atom is 0.267 e. The molecule has 2 aromatic rings. The first-order valence-electron chi connectivity index (χ1n) is 5.18. The molecule has 0 fully saturated rings. The van der Waals surface area contributed by atoms with Crippen molar-refractivity contribution in [2.24, 2.45) is 0 Å². The molecule has 1 aromatic heterocycles. The highest BCUT2D eigenvalue weighted by Crippen LogP contribution is 2.28. The number of anilines is 1. The summed E-state index contributed by atoms with van der Waals surface area (Å²) >= 11 is 5.78. The van der Waals surface area contributed by atoms with Gasteiger partial charge in [0.1, 0.15) is 16.5 Å². The maximum absolute atomic E-state index is 12.2. The van der Waals surface area contributed by atoms with Crippen molar-refractivity contribution in [1.29, 1.82) is 0 Å². The molecule has 0 saturated heterocycles. The number of nitrogens with one attached hydrogen (secondary N) is 2. The van der Waals surface area contributed by atoms with Gasteiger partial charge in [-0.2, -0.15) is 4.98 Å². The van der Waals surface area contributed by atoms with Crippen LogP contribution in [0.2, 0.25) is 5.02 Å². The van der Waals surface area contributed by atoms with Gasteiger partial charge < -0.3 is 4.74 Å². The highest BCUT2D eigenvalue weighted by atomic mass is 35.5. The summed E-state index contributed by atoms with van der Waals surface area (Å²) in [5.41, 5.74) is 0. The lowest BCUT2D eigenvalue weighted by molar-refractivity contribution is 0.403. The van der Waals surface area contributed by atoms with Crippen LogP contribution in [0.25, 0.3) is 0 Å². The van der Waals surface area contributed by atoms with Gasteiger partial charge in [0.25, 0.3) is 16.0 Å². The lowest BCUT2D eigenvalue weighted by atomic mass is 10.3. The molecular formula is C10H11ClN4O3S. The number of aromatic amines is 1. The van der Waals surface area contributed by atoms with Crippen molar-refractivity contribution in [1.82, 2.24) is 15.2 Å². The first kappa shape index (κ1) is 13.6. The van der Waals surface area contributed by atoms with Crippen molar-refractivity contribution in [2.75, 3.05) is 11.8 Å². The summed E-state index contributed by atoms with van der Waals surface area (Å²) in [6, 6.07) is 4.23. The number of methoxy groups -OCH3 is 1. The van der Waals surface area contributed by atoms with Crippen molar-refractivity contribution in [3.63, 3.8) is 0 Å². The Morgan fingerprint density at radius 1 is 1.42 bits per heavy atom. The van der Waals surface area contributed by atoms with E-state index < -0.39 is 10.0 Å². The zero-order valence-corrected chi connectivity index (χ0v) is 11.7. The van der Waals surface area contributed by atoms with E-state index in [1.807, 2.05) is 0 Å². The van der Waals surface area contributed by atoms with E-state index in [0.29, 0.717) is 10.8 Å². The minimum Gasteiger partial charge on any atom is -0.495 e. The third-order valence-electron chi connectivity index (χ3n) is 2.24. The summed E-state index contributed by atoms with van der Waals surface area (Å²) in [4.78, 5) is 3.83. The molecule has 0 unspecified atom stereocenters. The quantitative estimate of drug-likeness (QED) is 0.893. The van der Waals surface area contributed by atoms with Crippen molar-refractivity contribution in [3.05, 3.63) is 29.0 Å². The van der Waals surface area contributed by atoms with Gasteiger partial charge in [-0.3, -0.25) is 5.10 Å². The smallest absolute Gasteiger partial charge is 0.267 e. The first-order valence-corrected chi connectivity index (χ1v) is 7.04. The molecule has 0 aliphatic carbocycles. The number of hydrogen-bond acceptors (Lipinski definition) is 5. The molecule has 102 valence electrons. The van der Waals surface area contributed by atoms with E-state index in [1.165, 1.54) is 25.3 Å². The molecule has 2 rings (SSSR count). The van der Waals surface area contributed by atoms with Crippen molar-refractivity contribution in [2.45, 2.75) is 11.8 Å². The van der Waals surface area contributed by atoms with Gasteiger partial charge in [-0.1, -0.05) is 11.6 Å². The van der Waals surface area contributed by atoms with Crippen LogP contribution in [0.3, 0.4) is 0 Å². The van der Waals surface area contributed by atoms with Gasteiger partial charge in [0.05, 0.1) is 7.11 Å². The Morgan fingerprint density at radius 3 is 2.74 bits per heavy atom. The number of hydrogen-bond donors (Lipinski definition) is 2. The number of ether oxygens (including phenoxy) is 1. The largest absolute Gasteiger partial charge is 0.495 e. The fourth-order valence-electron chi connectivity index (χ4n) is 1.43. The van der Waals surface area contributed by atoms with Gasteiger partial charge >= 0.3 is 0 Å². The highest BCUT2D eigenvalue weighted by Gasteiger charge is 2.21. The number of nitrogens with zero attached hydrogens (tertiary/aromatic N) is 2. The second-order valence-corrected chi connectivity index (χ2v) is 5.73. The molecule has 19 heavy (non-hydrogen) atoms. The Balaban J connectivity index is 2.39. The Labute approximate surface area is 115 Å². The lowest BCUT2D eigenvalue weighted by Gasteiger charge is -2.09. The molecule has 7 nitrogen and oxygen atoms in total. The third kappa shape index (κ3) is 2.96. The molecule has 0 atom stereocenters. The number of rotatable bonds is 4. The number of H-pyrrole nitrogens is 1. The average molecular weight is 303 g/mol. The highest BCUT2D eigenvalue weighted by molar-refractivity contribution is 7.92. The Kier molecular flexibility index (Phi) is 3.63. The minimum atomic E-state index is -3.84. The van der Waals surface area contributed by atoms with Crippen molar-refractivity contribution >= 4 is 27.6 Å². The van der Waals surface area contributed by atoms with Crippen LogP contribution in [0.5, 0.6) is 5.75 Å². The van der Waals surface area contributed by atoms with E-state index in [4.69, 9.17) is 16.3 Å². The number of halogens is 1. The lowest BCUT2D eigenvalue weighted by Crippen LogP contribution is -2.15. The number of aromatic nitrogens is 3. The van der Waals surface area contributed by atoms with Crippen LogP contribution in [-0.4, -0.2) is 30.7 Å². The van der Waals surface area contributed by atoms with Gasteiger partial charge in [0.2, 0.25) is 0 Å². The molecule has 9 heteroatoms. The summed E-state index contributed by atoms with van der Waals surface area (Å²) in [5.74, 6) is 0.613. The Morgan fingerprint density at radius 2 is 2.16 bits per heavy atom. The van der Waals surface area contributed by atoms with E-state index >= 15 is 0 Å². The zero-order chi connectivity index (χ0) is 14.0. The van der Waals surface area contributed by atoms with Gasteiger partial charge in [-0.05, 0) is 19.1 Å². The number of aryl methyl sites for hydroxylation is 1. The van der Waals surface area contributed by atoms with Gasteiger partial charge in [0, 0.05) is 11.1 Å². The predicted octanol–water partition coefficient (Wildman–Crippen LogP) is 1.58. The summed E-state index contributed by atoms with van der Waals surface area (Å²) in [6.45, 7) is 1.66. The first-order chi connectivity index (χ1) is 8.92. The van der Waals surface area contributed by atoms with Crippen LogP contribution in [0, 0.1) is 6.92 Å². The van der Waals surface area contributed by atoms with Crippen LogP contribution < -0.4 is 9.46 Å². The molecule has 0 bridgehead atoms. The molecule has 0 amide bonds. The second kappa shape index (κ2) is 5.06. The molecule has 1 aromatic carbocycles. The summed E-state index contributed by atoms with van der Waals surface area (Å²) in [5, 5.41) is 6.63. The van der Waals surface area contributed by atoms with Crippen LogP contribution >= 0.6 is 11.6 Å². The van der Waals surface area contributed by atoms with E-state index in [0.717, 1.165) is 0 Å². The monoisotopic (exact) mass is 302 g/mol. The van der Waals surface area contributed by atoms with Crippen LogP contribution in [-0.2, 0) is 10.0 Å². The standard InChI is InChI=1S/C10H11ClN4O3S/c1-6-12-10(14-13-6)15-19(16,17)9-4-3-7(11)5-8(9)18-2/h3-5H,1-2H3,(H2,12,13,14,15). The third-order valence-corrected chi connectivity index (χ3v) is 3.84. The zero-order valence-electron chi connectivity index (χ0n) is 10.1. The van der Waals surface area contributed by atoms with E-state index in [2.05, 4.69) is 19.9 Å². The second-order valence-electron chi connectivity index (χ2n) is 3.65. The minimum absolute atomic E-state index is 0.0329. The predicted molar refractivity (Wildman–Crippen MR) is 69.9 cm³/mol. The molecular weight excluding hydrogens is 292 g/mol. The van der Waals surface area contributed by atoms with Crippen LogP contribution in [0.15, 0.2) is 23.1 Å². The fraction of sp³-hybridized carbons (Fsp3) is 0.200. The molecule has 2 N–H and O–H groups in total. The molecule has 0 aliphatic heterocycles. The number of sulfonamides is 1. The van der Waals surface area contributed by atoms with E-state index in [-0.39, 0.29) is 16.6 Å². The average Bonchev–Trinajstić information content (AvgIpc) is 2.73. The molecule has 1 heterocycles. The molecule has 0 aliphatic rings. The fourth-order valence-corrected chi connectivity index (χ4v) is 2.68. The summed E-state index contributed by atoms with van der Waals surface area (Å²) < 4.78 is 31.6. The van der Waals surface area contributed by atoms with Gasteiger partial charge in [-0.25, -0.2) is 13.1 Å². The van der Waals surface area contributed by atoms with Gasteiger partial charge in [-0.15, -0.1) is 5.10 Å². The molecule has 0 radical (unpaired) electrons. The SMILES string of the molecule is COc1cc(Cl)ccc1S(=O)(=O)Nc1n[nH]c(C)n1. The number of benzene rings is 1. The van der Waals surface area contributed by atoms with Crippen LogP contribution in [0.1, 0.15) is 5.82 Å².